The molecule has 1 aromatic heterocycles. The number of nitrogens with zero attached hydrogens (tertiary/aromatic N) is 4. The van der Waals surface area contributed by atoms with Crippen LogP contribution in [0.25, 0.3) is 0 Å². The molecular weight excluding hydrogens is 348 g/mol. The second-order valence-corrected chi connectivity index (χ2v) is 6.50. The van der Waals surface area contributed by atoms with Crippen molar-refractivity contribution < 1.29 is 9.53 Å². The van der Waals surface area contributed by atoms with Crippen LogP contribution in [0.15, 0.2) is 24.3 Å². The van der Waals surface area contributed by atoms with Gasteiger partial charge in [-0.2, -0.15) is 4.37 Å². The Kier molecular flexibility index (Phi) is 5.65. The van der Waals surface area contributed by atoms with Crippen LogP contribution in [0, 0.1) is 0 Å². The van der Waals surface area contributed by atoms with Crippen molar-refractivity contribution in [3.63, 3.8) is 0 Å². The molecule has 0 saturated carbocycles. The van der Waals surface area contributed by atoms with Gasteiger partial charge < -0.3 is 14.5 Å². The lowest BCUT2D eigenvalue weighted by Crippen LogP contribution is -2.46. The number of benzene rings is 1. The molecule has 24 heavy (non-hydrogen) atoms. The molecule has 1 saturated heterocycles. The number of piperazine rings is 1. The van der Waals surface area contributed by atoms with E-state index < -0.39 is 0 Å². The number of halogens is 1. The summed E-state index contributed by atoms with van der Waals surface area (Å²) in [6.07, 6.45) is 0. The van der Waals surface area contributed by atoms with Crippen LogP contribution in [-0.2, 0) is 0 Å². The number of ether oxygens (including phenoxy) is 1. The zero-order valence-electron chi connectivity index (χ0n) is 13.4. The maximum absolute atomic E-state index is 12.2. The zero-order chi connectivity index (χ0) is 16.9. The molecule has 128 valence electrons. The molecular formula is C16H19ClN4O2S. The number of hydrogen-bond acceptors (Lipinski definition) is 7. The lowest BCUT2D eigenvalue weighted by molar-refractivity contribution is 0.0919. The number of anilines is 1. The maximum Gasteiger partial charge on any atom is 0.271 e. The van der Waals surface area contributed by atoms with E-state index in [-0.39, 0.29) is 12.4 Å². The number of likely N-dealkylation sites (N-methyl/N-ethyl adjacent to an activating group) is 1. The molecule has 1 aromatic carbocycles. The number of carbonyl (C=O) groups is 1. The molecule has 0 bridgehead atoms. The van der Waals surface area contributed by atoms with Crippen molar-refractivity contribution in [3.05, 3.63) is 34.9 Å². The standard InChI is InChI=1S/C16H19ClN4O2S/c1-2-20-7-9-21(10-8-20)15-16(19-24-18-15)23-11-14(22)12-3-5-13(17)6-4-12/h3-6H,2,7-11H2,1H3. The van der Waals surface area contributed by atoms with E-state index in [1.54, 1.807) is 24.3 Å². The van der Waals surface area contributed by atoms with Gasteiger partial charge in [-0.15, -0.1) is 4.37 Å². The smallest absolute Gasteiger partial charge is 0.271 e. The Bertz CT molecular complexity index is 684. The van der Waals surface area contributed by atoms with Crippen molar-refractivity contribution in [1.82, 2.24) is 13.6 Å². The highest BCUT2D eigenvalue weighted by atomic mass is 35.5. The van der Waals surface area contributed by atoms with Crippen molar-refractivity contribution in [2.45, 2.75) is 6.92 Å². The molecule has 2 heterocycles. The van der Waals surface area contributed by atoms with Crippen molar-refractivity contribution in [2.75, 3.05) is 44.2 Å². The topological polar surface area (TPSA) is 58.6 Å². The highest BCUT2D eigenvalue weighted by Gasteiger charge is 2.22. The van der Waals surface area contributed by atoms with Gasteiger partial charge in [0, 0.05) is 36.8 Å². The van der Waals surface area contributed by atoms with Crippen LogP contribution in [0.1, 0.15) is 17.3 Å². The van der Waals surface area contributed by atoms with Gasteiger partial charge in [-0.1, -0.05) is 18.5 Å². The van der Waals surface area contributed by atoms with Gasteiger partial charge in [0.2, 0.25) is 5.82 Å². The summed E-state index contributed by atoms with van der Waals surface area (Å²) >= 11 is 6.94. The highest BCUT2D eigenvalue weighted by Crippen LogP contribution is 2.26. The fraction of sp³-hybridized carbons (Fsp3) is 0.438. The molecule has 1 aliphatic heterocycles. The summed E-state index contributed by atoms with van der Waals surface area (Å²) in [4.78, 5) is 16.7. The average molecular weight is 367 g/mol. The van der Waals surface area contributed by atoms with Gasteiger partial charge in [0.25, 0.3) is 5.88 Å². The predicted molar refractivity (Wildman–Crippen MR) is 95.5 cm³/mol. The summed E-state index contributed by atoms with van der Waals surface area (Å²) in [7, 11) is 0. The van der Waals surface area contributed by atoms with Crippen LogP contribution in [0.5, 0.6) is 5.88 Å². The first-order chi connectivity index (χ1) is 11.7. The Morgan fingerprint density at radius 2 is 1.92 bits per heavy atom. The monoisotopic (exact) mass is 366 g/mol. The lowest BCUT2D eigenvalue weighted by atomic mass is 10.1. The van der Waals surface area contributed by atoms with E-state index in [0.717, 1.165) is 50.3 Å². The second kappa shape index (κ2) is 7.92. The molecule has 0 N–H and O–H groups in total. The van der Waals surface area contributed by atoms with Gasteiger partial charge in [0.05, 0.1) is 11.7 Å². The van der Waals surface area contributed by atoms with Crippen LogP contribution in [0.4, 0.5) is 5.82 Å². The van der Waals surface area contributed by atoms with E-state index in [2.05, 4.69) is 25.5 Å². The predicted octanol–water partition coefficient (Wildman–Crippen LogP) is 2.60. The van der Waals surface area contributed by atoms with Crippen molar-refractivity contribution in [1.29, 1.82) is 0 Å². The van der Waals surface area contributed by atoms with Crippen molar-refractivity contribution in [3.8, 4) is 5.88 Å². The lowest BCUT2D eigenvalue weighted by Gasteiger charge is -2.34. The summed E-state index contributed by atoms with van der Waals surface area (Å²) < 4.78 is 14.2. The minimum absolute atomic E-state index is 0.0605. The molecule has 0 aliphatic carbocycles. The second-order valence-electron chi connectivity index (χ2n) is 5.53. The van der Waals surface area contributed by atoms with E-state index in [1.807, 2.05) is 0 Å². The molecule has 0 amide bonds. The number of ketones is 1. The molecule has 1 aliphatic rings. The third-order valence-electron chi connectivity index (χ3n) is 4.07. The van der Waals surface area contributed by atoms with E-state index in [9.17, 15) is 4.79 Å². The van der Waals surface area contributed by atoms with E-state index in [1.165, 1.54) is 0 Å². The highest BCUT2D eigenvalue weighted by molar-refractivity contribution is 6.99. The molecule has 3 rings (SSSR count). The summed E-state index contributed by atoms with van der Waals surface area (Å²) in [6, 6.07) is 6.77. The Balaban J connectivity index is 1.59. The number of carbonyl (C=O) groups excluding carboxylic acids is 1. The quantitative estimate of drug-likeness (QED) is 0.732. The largest absolute Gasteiger partial charge is 0.466 e. The molecule has 0 unspecified atom stereocenters. The minimum Gasteiger partial charge on any atom is -0.466 e. The Morgan fingerprint density at radius 1 is 1.21 bits per heavy atom. The fourth-order valence-electron chi connectivity index (χ4n) is 2.59. The molecule has 8 heteroatoms. The zero-order valence-corrected chi connectivity index (χ0v) is 15.0. The van der Waals surface area contributed by atoms with Crippen molar-refractivity contribution in [2.24, 2.45) is 0 Å². The normalized spacial score (nSPS) is 15.5. The van der Waals surface area contributed by atoms with Gasteiger partial charge in [0.1, 0.15) is 0 Å². The number of Topliss-reactive ketones (excluding diaryl/α,β-unsaturated/α-hetero) is 1. The van der Waals surface area contributed by atoms with Crippen LogP contribution in [0.2, 0.25) is 5.02 Å². The Morgan fingerprint density at radius 3 is 2.58 bits per heavy atom. The first-order valence-electron chi connectivity index (χ1n) is 7.89. The van der Waals surface area contributed by atoms with E-state index >= 15 is 0 Å². The van der Waals surface area contributed by atoms with Crippen LogP contribution in [-0.4, -0.2) is 58.8 Å². The average Bonchev–Trinajstić information content (AvgIpc) is 3.09. The molecule has 0 radical (unpaired) electrons. The number of hydrogen-bond donors (Lipinski definition) is 0. The number of aromatic nitrogens is 2. The Hall–Kier alpha value is -1.70. The van der Waals surface area contributed by atoms with Gasteiger partial charge in [0.15, 0.2) is 12.4 Å². The fourth-order valence-corrected chi connectivity index (χ4v) is 3.24. The SMILES string of the molecule is CCN1CCN(c2nsnc2OCC(=O)c2ccc(Cl)cc2)CC1. The van der Waals surface area contributed by atoms with Gasteiger partial charge in [-0.25, -0.2) is 0 Å². The van der Waals surface area contributed by atoms with Gasteiger partial charge >= 0.3 is 0 Å². The maximum atomic E-state index is 12.2. The minimum atomic E-state index is -0.110. The summed E-state index contributed by atoms with van der Waals surface area (Å²) in [6.45, 7) is 6.93. The van der Waals surface area contributed by atoms with Crippen LogP contribution < -0.4 is 9.64 Å². The van der Waals surface area contributed by atoms with Gasteiger partial charge in [-0.05, 0) is 30.8 Å². The van der Waals surface area contributed by atoms with Crippen molar-refractivity contribution >= 4 is 34.9 Å². The van der Waals surface area contributed by atoms with E-state index in [4.69, 9.17) is 16.3 Å². The van der Waals surface area contributed by atoms with Crippen LogP contribution >= 0.6 is 23.3 Å². The van der Waals surface area contributed by atoms with E-state index in [0.29, 0.717) is 16.5 Å². The molecule has 1 fully saturated rings. The molecule has 0 spiro atoms. The molecule has 2 aromatic rings. The third kappa shape index (κ3) is 4.03. The third-order valence-corrected chi connectivity index (χ3v) is 4.82. The van der Waals surface area contributed by atoms with Gasteiger partial charge in [-0.3, -0.25) is 4.79 Å². The van der Waals surface area contributed by atoms with Crippen LogP contribution in [0.3, 0.4) is 0 Å². The molecule has 6 nitrogen and oxygen atoms in total. The summed E-state index contributed by atoms with van der Waals surface area (Å²) in [5.74, 6) is 1.06. The summed E-state index contributed by atoms with van der Waals surface area (Å²) in [5, 5.41) is 0.602. The number of rotatable bonds is 6. The first-order valence-corrected chi connectivity index (χ1v) is 8.99. The Labute approximate surface area is 150 Å². The molecule has 0 atom stereocenters. The first kappa shape index (κ1) is 17.1. The summed E-state index contributed by atoms with van der Waals surface area (Å²) in [5.41, 5.74) is 0.570.